The Bertz CT molecular complexity index is 829. The smallest absolute Gasteiger partial charge is 0.268 e. The number of benzene rings is 1. The number of hydrogen-bond donors (Lipinski definition) is 0. The molecule has 0 bridgehead atoms. The molecule has 0 spiro atoms. The van der Waals surface area contributed by atoms with Gasteiger partial charge in [-0.2, -0.15) is 0 Å². The molecule has 1 aliphatic carbocycles. The molecule has 106 valence electrons. The lowest BCUT2D eigenvalue weighted by molar-refractivity contribution is 0.546. The second-order valence-electron chi connectivity index (χ2n) is 5.58. The Morgan fingerprint density at radius 2 is 2.00 bits per heavy atom. The monoisotopic (exact) mass is 296 g/mol. The largest absolute Gasteiger partial charge is 0.268 e. The first-order valence-corrected chi connectivity index (χ1v) is 8.17. The van der Waals surface area contributed by atoms with Crippen LogP contribution in [0.4, 0.5) is 0 Å². The summed E-state index contributed by atoms with van der Waals surface area (Å²) in [6.07, 6.45) is 8.38. The van der Waals surface area contributed by atoms with Gasteiger partial charge < -0.3 is 0 Å². The first kappa shape index (κ1) is 12.8. The molecule has 0 atom stereocenters. The van der Waals surface area contributed by atoms with Crippen LogP contribution >= 0.6 is 11.5 Å². The van der Waals surface area contributed by atoms with E-state index < -0.39 is 0 Å². The fourth-order valence-corrected chi connectivity index (χ4v) is 4.47. The highest BCUT2D eigenvalue weighted by atomic mass is 32.1. The molecule has 4 heteroatoms. The predicted molar refractivity (Wildman–Crippen MR) is 86.8 cm³/mol. The molecule has 2 aromatic heterocycles. The number of nitrogens with zero attached hydrogens (tertiary/aromatic N) is 2. The summed E-state index contributed by atoms with van der Waals surface area (Å²) in [5.41, 5.74) is 2.36. The van der Waals surface area contributed by atoms with Crippen LogP contribution in [-0.2, 0) is 0 Å². The van der Waals surface area contributed by atoms with Crippen LogP contribution in [0.1, 0.15) is 31.7 Å². The van der Waals surface area contributed by atoms with Crippen LogP contribution in [0.3, 0.4) is 0 Å². The molecular weight excluding hydrogens is 280 g/mol. The molecule has 0 radical (unpaired) electrons. The van der Waals surface area contributed by atoms with Crippen molar-refractivity contribution in [3.05, 3.63) is 53.1 Å². The van der Waals surface area contributed by atoms with E-state index in [0.717, 1.165) is 34.1 Å². The van der Waals surface area contributed by atoms with Gasteiger partial charge in [-0.25, -0.2) is 0 Å². The van der Waals surface area contributed by atoms with Gasteiger partial charge in [-0.1, -0.05) is 42.6 Å². The van der Waals surface area contributed by atoms with Gasteiger partial charge in [-0.05, 0) is 25.0 Å². The zero-order valence-corrected chi connectivity index (χ0v) is 12.5. The Hall–Kier alpha value is -1.94. The molecule has 0 amide bonds. The van der Waals surface area contributed by atoms with Gasteiger partial charge in [0.1, 0.15) is 0 Å². The topological polar surface area (TPSA) is 34.9 Å². The van der Waals surface area contributed by atoms with E-state index in [-0.39, 0.29) is 5.56 Å². The van der Waals surface area contributed by atoms with Gasteiger partial charge in [0.05, 0.1) is 10.1 Å². The molecule has 0 saturated heterocycles. The summed E-state index contributed by atoms with van der Waals surface area (Å²) >= 11 is 1.62. The van der Waals surface area contributed by atoms with Crippen molar-refractivity contribution in [3.63, 3.8) is 0 Å². The number of fused-ring (bicyclic) bond motifs is 1. The first-order chi connectivity index (χ1) is 10.3. The van der Waals surface area contributed by atoms with E-state index in [1.54, 1.807) is 17.7 Å². The predicted octanol–water partition coefficient (Wildman–Crippen LogP) is 4.24. The summed E-state index contributed by atoms with van der Waals surface area (Å²) in [6, 6.07) is 10.4. The zero-order valence-electron chi connectivity index (χ0n) is 11.7. The third kappa shape index (κ3) is 2.10. The van der Waals surface area contributed by atoms with Crippen molar-refractivity contribution in [1.82, 2.24) is 8.94 Å². The molecular formula is C17H16N2OS. The van der Waals surface area contributed by atoms with Crippen LogP contribution in [0, 0.1) is 0 Å². The van der Waals surface area contributed by atoms with Gasteiger partial charge in [0, 0.05) is 29.6 Å². The van der Waals surface area contributed by atoms with Crippen LogP contribution in [0.25, 0.3) is 21.2 Å². The lowest BCUT2D eigenvalue weighted by Gasteiger charge is -2.07. The normalized spacial score (nSPS) is 15.8. The second-order valence-corrected chi connectivity index (χ2v) is 6.57. The number of hydrogen-bond acceptors (Lipinski definition) is 3. The highest BCUT2D eigenvalue weighted by molar-refractivity contribution is 7.14. The minimum Gasteiger partial charge on any atom is -0.268 e. The molecule has 21 heavy (non-hydrogen) atoms. The minimum atomic E-state index is 0.174. The molecule has 1 saturated carbocycles. The molecule has 0 unspecified atom stereocenters. The van der Waals surface area contributed by atoms with Crippen LogP contribution in [0.2, 0.25) is 0 Å². The Morgan fingerprint density at radius 1 is 1.14 bits per heavy atom. The maximum absolute atomic E-state index is 12.7. The first-order valence-electron chi connectivity index (χ1n) is 7.39. The van der Waals surface area contributed by atoms with Crippen LogP contribution in [-0.4, -0.2) is 8.94 Å². The molecule has 3 nitrogen and oxygen atoms in total. The van der Waals surface area contributed by atoms with Crippen molar-refractivity contribution < 1.29 is 0 Å². The van der Waals surface area contributed by atoms with Crippen LogP contribution in [0.15, 0.2) is 47.5 Å². The molecule has 4 rings (SSSR count). The van der Waals surface area contributed by atoms with E-state index in [1.165, 1.54) is 12.8 Å². The molecule has 1 fully saturated rings. The minimum absolute atomic E-state index is 0.174. The lowest BCUT2D eigenvalue weighted by atomic mass is 10.1. The highest BCUT2D eigenvalue weighted by Gasteiger charge is 2.21. The molecule has 1 aliphatic rings. The van der Waals surface area contributed by atoms with Gasteiger partial charge in [0.25, 0.3) is 5.56 Å². The maximum Gasteiger partial charge on any atom is 0.268 e. The van der Waals surface area contributed by atoms with E-state index in [2.05, 4.69) is 11.1 Å². The Balaban J connectivity index is 1.94. The van der Waals surface area contributed by atoms with E-state index in [9.17, 15) is 4.79 Å². The van der Waals surface area contributed by atoms with Crippen LogP contribution < -0.4 is 5.56 Å². The van der Waals surface area contributed by atoms with Gasteiger partial charge in [-0.3, -0.25) is 13.7 Å². The van der Waals surface area contributed by atoms with E-state index in [0.29, 0.717) is 6.04 Å². The fraction of sp³-hybridized carbons (Fsp3) is 0.294. The number of aromatic nitrogens is 2. The number of rotatable bonds is 2. The summed E-state index contributed by atoms with van der Waals surface area (Å²) in [5, 5.41) is 0.841. The number of pyridine rings is 1. The highest BCUT2D eigenvalue weighted by Crippen LogP contribution is 2.35. The van der Waals surface area contributed by atoms with Crippen molar-refractivity contribution in [2.24, 2.45) is 0 Å². The van der Waals surface area contributed by atoms with E-state index in [1.807, 2.05) is 34.4 Å². The lowest BCUT2D eigenvalue weighted by Crippen LogP contribution is -2.16. The summed E-state index contributed by atoms with van der Waals surface area (Å²) in [5.74, 6) is 0. The summed E-state index contributed by atoms with van der Waals surface area (Å²) in [6.45, 7) is 0. The van der Waals surface area contributed by atoms with E-state index >= 15 is 0 Å². The standard InChI is InChI=1S/C17H16N2OS/c20-17-15-9-3-8-14(12-5-4-10-18-11-12)16(15)21-19(17)13-6-1-2-7-13/h3-5,8-11,13H,1-2,6-7H2. The SMILES string of the molecule is O=c1c2cccc(-c3cccnc3)c2sn1C1CCCC1. The van der Waals surface area contributed by atoms with Gasteiger partial charge in [0.15, 0.2) is 0 Å². The van der Waals surface area contributed by atoms with Crippen molar-refractivity contribution >= 4 is 21.6 Å². The Labute approximate surface area is 127 Å². The van der Waals surface area contributed by atoms with Crippen molar-refractivity contribution in [2.45, 2.75) is 31.7 Å². The molecule has 3 aromatic rings. The molecule has 0 aliphatic heterocycles. The third-order valence-electron chi connectivity index (χ3n) is 4.26. The second kappa shape index (κ2) is 5.11. The zero-order chi connectivity index (χ0) is 14.2. The van der Waals surface area contributed by atoms with E-state index in [4.69, 9.17) is 0 Å². The molecule has 1 aromatic carbocycles. The Kier molecular flexibility index (Phi) is 3.11. The summed E-state index contributed by atoms with van der Waals surface area (Å²) < 4.78 is 3.08. The summed E-state index contributed by atoms with van der Waals surface area (Å²) in [7, 11) is 0. The summed E-state index contributed by atoms with van der Waals surface area (Å²) in [4.78, 5) is 16.9. The average Bonchev–Trinajstić information content (AvgIpc) is 3.16. The maximum atomic E-state index is 12.7. The molecule has 0 N–H and O–H groups in total. The van der Waals surface area contributed by atoms with Crippen molar-refractivity contribution in [2.75, 3.05) is 0 Å². The van der Waals surface area contributed by atoms with Gasteiger partial charge in [-0.15, -0.1) is 0 Å². The fourth-order valence-electron chi connectivity index (χ4n) is 3.19. The van der Waals surface area contributed by atoms with Crippen LogP contribution in [0.5, 0.6) is 0 Å². The quantitative estimate of drug-likeness (QED) is 0.709. The average molecular weight is 296 g/mol. The van der Waals surface area contributed by atoms with Gasteiger partial charge in [0.2, 0.25) is 0 Å². The Morgan fingerprint density at radius 3 is 2.76 bits per heavy atom. The van der Waals surface area contributed by atoms with Crippen molar-refractivity contribution in [3.8, 4) is 11.1 Å². The third-order valence-corrected chi connectivity index (χ3v) is 5.55. The van der Waals surface area contributed by atoms with Crippen molar-refractivity contribution in [1.29, 1.82) is 0 Å². The molecule has 2 heterocycles. The van der Waals surface area contributed by atoms with Gasteiger partial charge >= 0.3 is 0 Å².